The van der Waals surface area contributed by atoms with E-state index >= 15 is 0 Å². The maximum atomic E-state index is 5.50. The van der Waals surface area contributed by atoms with Crippen LogP contribution in [0.1, 0.15) is 13.8 Å². The minimum atomic E-state index is 0.126. The van der Waals surface area contributed by atoms with E-state index < -0.39 is 0 Å². The fourth-order valence-electron chi connectivity index (χ4n) is 1.16. The number of fused-ring (bicyclic) bond motifs is 1. The highest BCUT2D eigenvalue weighted by Gasteiger charge is 2.06. The molecule has 0 aliphatic rings. The molecule has 4 heteroatoms. The van der Waals surface area contributed by atoms with Crippen molar-refractivity contribution in [1.29, 1.82) is 0 Å². The van der Waals surface area contributed by atoms with E-state index in [4.69, 9.17) is 4.74 Å². The van der Waals surface area contributed by atoms with E-state index in [9.17, 15) is 0 Å². The summed E-state index contributed by atoms with van der Waals surface area (Å²) in [6, 6.07) is 1.89. The van der Waals surface area contributed by atoms with Gasteiger partial charge in [0.25, 0.3) is 0 Å². The van der Waals surface area contributed by atoms with Crippen molar-refractivity contribution in [3.8, 4) is 5.88 Å². The van der Waals surface area contributed by atoms with Crippen molar-refractivity contribution in [2.24, 2.45) is 0 Å². The van der Waals surface area contributed by atoms with Crippen LogP contribution in [0.5, 0.6) is 5.88 Å². The summed E-state index contributed by atoms with van der Waals surface area (Å²) in [5, 5.41) is 0. The highest BCUT2D eigenvalue weighted by molar-refractivity contribution is 5.79. The quantitative estimate of drug-likeness (QED) is 0.760. The summed E-state index contributed by atoms with van der Waals surface area (Å²) in [5.74, 6) is 0.616. The molecule has 0 bridgehead atoms. The van der Waals surface area contributed by atoms with Crippen LogP contribution in [0.25, 0.3) is 11.0 Å². The van der Waals surface area contributed by atoms with Gasteiger partial charge in [0.05, 0.1) is 11.6 Å². The van der Waals surface area contributed by atoms with Gasteiger partial charge in [-0.05, 0) is 19.9 Å². The van der Waals surface area contributed by atoms with Crippen LogP contribution >= 0.6 is 0 Å². The average Bonchev–Trinajstić information content (AvgIpc) is 2.51. The van der Waals surface area contributed by atoms with Gasteiger partial charge in [0.15, 0.2) is 0 Å². The Morgan fingerprint density at radius 3 is 3.00 bits per heavy atom. The second-order valence-electron chi connectivity index (χ2n) is 3.08. The third-order valence-electron chi connectivity index (χ3n) is 1.66. The standard InChI is InChI=1S/C9H11N3O/c1-6(2)13-9-8-7(3-4-10-8)11-5-12-9/h3-6,10H,1-2H3. The Morgan fingerprint density at radius 2 is 2.23 bits per heavy atom. The van der Waals surface area contributed by atoms with E-state index in [2.05, 4.69) is 15.0 Å². The van der Waals surface area contributed by atoms with Crippen LogP contribution in [0.3, 0.4) is 0 Å². The molecule has 0 aliphatic carbocycles. The van der Waals surface area contributed by atoms with Gasteiger partial charge >= 0.3 is 0 Å². The molecule has 0 saturated heterocycles. The first-order valence-corrected chi connectivity index (χ1v) is 4.22. The topological polar surface area (TPSA) is 50.8 Å². The lowest BCUT2D eigenvalue weighted by Crippen LogP contribution is -2.07. The highest BCUT2D eigenvalue weighted by Crippen LogP contribution is 2.19. The first kappa shape index (κ1) is 8.04. The number of rotatable bonds is 2. The van der Waals surface area contributed by atoms with Gasteiger partial charge in [-0.2, -0.15) is 4.98 Å². The molecule has 0 aliphatic heterocycles. The number of aromatic nitrogens is 3. The van der Waals surface area contributed by atoms with Gasteiger partial charge < -0.3 is 9.72 Å². The monoisotopic (exact) mass is 177 g/mol. The lowest BCUT2D eigenvalue weighted by molar-refractivity contribution is 0.235. The predicted octanol–water partition coefficient (Wildman–Crippen LogP) is 1.75. The molecular weight excluding hydrogens is 166 g/mol. The van der Waals surface area contributed by atoms with Crippen molar-refractivity contribution in [3.05, 3.63) is 18.6 Å². The van der Waals surface area contributed by atoms with Crippen LogP contribution in [0.15, 0.2) is 18.6 Å². The molecule has 0 radical (unpaired) electrons. The Labute approximate surface area is 76.0 Å². The lowest BCUT2D eigenvalue weighted by Gasteiger charge is -2.08. The zero-order valence-corrected chi connectivity index (χ0v) is 7.61. The summed E-state index contributed by atoms with van der Waals surface area (Å²) in [7, 11) is 0. The van der Waals surface area contributed by atoms with Crippen molar-refractivity contribution in [1.82, 2.24) is 15.0 Å². The summed E-state index contributed by atoms with van der Waals surface area (Å²) >= 11 is 0. The van der Waals surface area contributed by atoms with Crippen LogP contribution in [0.2, 0.25) is 0 Å². The zero-order valence-electron chi connectivity index (χ0n) is 7.61. The molecule has 0 atom stereocenters. The molecule has 0 saturated carbocycles. The molecule has 13 heavy (non-hydrogen) atoms. The fourth-order valence-corrected chi connectivity index (χ4v) is 1.16. The molecule has 0 fully saturated rings. The van der Waals surface area contributed by atoms with E-state index in [0.717, 1.165) is 11.0 Å². The van der Waals surface area contributed by atoms with Crippen LogP contribution in [0, 0.1) is 0 Å². The van der Waals surface area contributed by atoms with E-state index in [-0.39, 0.29) is 6.10 Å². The SMILES string of the molecule is CC(C)Oc1ncnc2cc[nH]c12. The summed E-state index contributed by atoms with van der Waals surface area (Å²) < 4.78 is 5.50. The summed E-state index contributed by atoms with van der Waals surface area (Å²) in [4.78, 5) is 11.2. The number of hydrogen-bond acceptors (Lipinski definition) is 3. The van der Waals surface area contributed by atoms with Gasteiger partial charge in [-0.3, -0.25) is 0 Å². The molecule has 1 N–H and O–H groups in total. The third-order valence-corrected chi connectivity index (χ3v) is 1.66. The number of aromatic amines is 1. The maximum absolute atomic E-state index is 5.50. The van der Waals surface area contributed by atoms with Gasteiger partial charge in [0, 0.05) is 6.20 Å². The second-order valence-corrected chi connectivity index (χ2v) is 3.08. The van der Waals surface area contributed by atoms with Gasteiger partial charge in [0.2, 0.25) is 5.88 Å². The van der Waals surface area contributed by atoms with Crippen molar-refractivity contribution in [3.63, 3.8) is 0 Å². The molecule has 0 spiro atoms. The highest BCUT2D eigenvalue weighted by atomic mass is 16.5. The Balaban J connectivity index is 2.48. The maximum Gasteiger partial charge on any atom is 0.241 e. The third kappa shape index (κ3) is 1.47. The minimum Gasteiger partial charge on any atom is -0.473 e. The first-order valence-electron chi connectivity index (χ1n) is 4.22. The molecule has 2 aromatic rings. The Hall–Kier alpha value is -1.58. The van der Waals surface area contributed by atoms with Crippen molar-refractivity contribution >= 4 is 11.0 Å². The number of nitrogens with zero attached hydrogens (tertiary/aromatic N) is 2. The van der Waals surface area contributed by atoms with Crippen molar-refractivity contribution < 1.29 is 4.74 Å². The minimum absolute atomic E-state index is 0.126. The Kier molecular flexibility index (Phi) is 1.88. The number of ether oxygens (including phenoxy) is 1. The largest absolute Gasteiger partial charge is 0.473 e. The number of nitrogens with one attached hydrogen (secondary N) is 1. The molecule has 2 rings (SSSR count). The average molecular weight is 177 g/mol. The molecule has 2 heterocycles. The van der Waals surface area contributed by atoms with Crippen LogP contribution < -0.4 is 4.74 Å². The normalized spacial score (nSPS) is 11.0. The van der Waals surface area contributed by atoms with Crippen molar-refractivity contribution in [2.45, 2.75) is 20.0 Å². The van der Waals surface area contributed by atoms with E-state index in [1.54, 1.807) is 0 Å². The van der Waals surface area contributed by atoms with Crippen molar-refractivity contribution in [2.75, 3.05) is 0 Å². The predicted molar refractivity (Wildman–Crippen MR) is 49.7 cm³/mol. The molecule has 0 unspecified atom stereocenters. The van der Waals surface area contributed by atoms with Crippen LogP contribution in [-0.4, -0.2) is 21.1 Å². The van der Waals surface area contributed by atoms with Gasteiger partial charge in [-0.15, -0.1) is 0 Å². The van der Waals surface area contributed by atoms with E-state index in [1.165, 1.54) is 6.33 Å². The van der Waals surface area contributed by atoms with Crippen LogP contribution in [0.4, 0.5) is 0 Å². The number of H-pyrrole nitrogens is 1. The smallest absolute Gasteiger partial charge is 0.241 e. The molecule has 68 valence electrons. The summed E-state index contributed by atoms with van der Waals surface area (Å²) in [6.45, 7) is 3.94. The fraction of sp³-hybridized carbons (Fsp3) is 0.333. The van der Waals surface area contributed by atoms with E-state index in [1.807, 2.05) is 26.1 Å². The van der Waals surface area contributed by atoms with Crippen LogP contribution in [-0.2, 0) is 0 Å². The zero-order chi connectivity index (χ0) is 9.26. The van der Waals surface area contributed by atoms with Gasteiger partial charge in [-0.25, -0.2) is 4.98 Å². The molecule has 0 amide bonds. The van der Waals surface area contributed by atoms with Gasteiger partial charge in [-0.1, -0.05) is 0 Å². The molecule has 0 aromatic carbocycles. The molecule has 4 nitrogen and oxygen atoms in total. The second kappa shape index (κ2) is 3.05. The summed E-state index contributed by atoms with van der Waals surface area (Å²) in [5.41, 5.74) is 1.74. The Morgan fingerprint density at radius 1 is 1.38 bits per heavy atom. The molecular formula is C9H11N3O. The number of hydrogen-bond donors (Lipinski definition) is 1. The Bertz CT molecular complexity index is 408. The molecule has 2 aromatic heterocycles. The first-order chi connectivity index (χ1) is 6.27. The van der Waals surface area contributed by atoms with E-state index in [0.29, 0.717) is 5.88 Å². The van der Waals surface area contributed by atoms with Gasteiger partial charge in [0.1, 0.15) is 11.8 Å². The summed E-state index contributed by atoms with van der Waals surface area (Å²) in [6.07, 6.45) is 3.46. The lowest BCUT2D eigenvalue weighted by atomic mass is 10.4.